The van der Waals surface area contributed by atoms with Crippen molar-refractivity contribution >= 4 is 17.7 Å². The van der Waals surface area contributed by atoms with E-state index >= 15 is 0 Å². The molecule has 0 bridgehead atoms. The average Bonchev–Trinajstić information content (AvgIpc) is 3.16. The standard InChI is InChI=1S/C19H25N3O4/c1-14(23)20-12-16-13-21(10-11-26-16)19(25)17-8-5-9-22(17)18(24)15-6-3-2-4-7-15/h2-4,6-7,16-17H,5,8-13H2,1H3,(H,20,23). The molecule has 2 unspecified atom stereocenters. The van der Waals surface area contributed by atoms with E-state index in [2.05, 4.69) is 5.32 Å². The first kappa shape index (κ1) is 18.4. The maximum absolute atomic E-state index is 13.0. The first-order valence-electron chi connectivity index (χ1n) is 9.07. The molecular weight excluding hydrogens is 334 g/mol. The van der Waals surface area contributed by atoms with Gasteiger partial charge in [-0.15, -0.1) is 0 Å². The van der Waals surface area contributed by atoms with Crippen molar-refractivity contribution in [1.29, 1.82) is 0 Å². The summed E-state index contributed by atoms with van der Waals surface area (Å²) >= 11 is 0. The summed E-state index contributed by atoms with van der Waals surface area (Å²) in [5.41, 5.74) is 0.609. The maximum atomic E-state index is 13.0. The van der Waals surface area contributed by atoms with Crippen LogP contribution in [0.15, 0.2) is 30.3 Å². The van der Waals surface area contributed by atoms with Crippen LogP contribution in [-0.4, -0.2) is 72.5 Å². The smallest absolute Gasteiger partial charge is 0.254 e. The van der Waals surface area contributed by atoms with Gasteiger partial charge in [-0.1, -0.05) is 18.2 Å². The number of carbonyl (C=O) groups excluding carboxylic acids is 3. The van der Waals surface area contributed by atoms with E-state index in [0.717, 1.165) is 6.42 Å². The van der Waals surface area contributed by atoms with E-state index in [1.165, 1.54) is 6.92 Å². The quantitative estimate of drug-likeness (QED) is 0.856. The van der Waals surface area contributed by atoms with Crippen molar-refractivity contribution in [3.8, 4) is 0 Å². The molecule has 2 atom stereocenters. The molecule has 26 heavy (non-hydrogen) atoms. The Morgan fingerprint density at radius 1 is 1.19 bits per heavy atom. The zero-order valence-electron chi connectivity index (χ0n) is 15.0. The molecule has 140 valence electrons. The van der Waals surface area contributed by atoms with Gasteiger partial charge in [0.15, 0.2) is 0 Å². The Balaban J connectivity index is 1.64. The predicted octanol–water partition coefficient (Wildman–Crippen LogP) is 0.655. The van der Waals surface area contributed by atoms with Gasteiger partial charge in [-0.05, 0) is 25.0 Å². The molecule has 2 aliphatic rings. The predicted molar refractivity (Wildman–Crippen MR) is 95.5 cm³/mol. The molecule has 1 N–H and O–H groups in total. The highest BCUT2D eigenvalue weighted by Crippen LogP contribution is 2.23. The number of morpholine rings is 1. The van der Waals surface area contributed by atoms with Gasteiger partial charge in [0.2, 0.25) is 11.8 Å². The molecule has 3 rings (SSSR count). The van der Waals surface area contributed by atoms with Crippen molar-refractivity contribution < 1.29 is 19.1 Å². The highest BCUT2D eigenvalue weighted by molar-refractivity contribution is 5.98. The minimum absolute atomic E-state index is 0.0251. The van der Waals surface area contributed by atoms with Gasteiger partial charge in [-0.2, -0.15) is 0 Å². The zero-order chi connectivity index (χ0) is 18.5. The van der Waals surface area contributed by atoms with Crippen molar-refractivity contribution in [3.05, 3.63) is 35.9 Å². The molecule has 2 heterocycles. The number of carbonyl (C=O) groups is 3. The lowest BCUT2D eigenvalue weighted by Gasteiger charge is -2.36. The molecule has 1 aromatic rings. The minimum atomic E-state index is -0.415. The monoisotopic (exact) mass is 359 g/mol. The summed E-state index contributed by atoms with van der Waals surface area (Å²) in [6.07, 6.45) is 1.30. The Morgan fingerprint density at radius 3 is 2.69 bits per heavy atom. The van der Waals surface area contributed by atoms with Crippen molar-refractivity contribution in [2.75, 3.05) is 32.8 Å². The van der Waals surface area contributed by atoms with Crippen LogP contribution in [0, 0.1) is 0 Å². The van der Waals surface area contributed by atoms with Crippen LogP contribution >= 0.6 is 0 Å². The lowest BCUT2D eigenvalue weighted by Crippen LogP contribution is -2.54. The molecule has 0 saturated carbocycles. The van der Waals surface area contributed by atoms with Crippen molar-refractivity contribution in [1.82, 2.24) is 15.1 Å². The number of amides is 3. The van der Waals surface area contributed by atoms with Gasteiger partial charge in [0.05, 0.1) is 12.7 Å². The fraction of sp³-hybridized carbons (Fsp3) is 0.526. The van der Waals surface area contributed by atoms with Crippen molar-refractivity contribution in [2.24, 2.45) is 0 Å². The Hall–Kier alpha value is -2.41. The molecule has 3 amide bonds. The van der Waals surface area contributed by atoms with Crippen LogP contribution in [-0.2, 0) is 14.3 Å². The molecule has 1 aromatic carbocycles. The molecule has 7 nitrogen and oxygen atoms in total. The fourth-order valence-corrected chi connectivity index (χ4v) is 3.52. The summed E-state index contributed by atoms with van der Waals surface area (Å²) < 4.78 is 5.63. The molecule has 0 spiro atoms. The van der Waals surface area contributed by atoms with Gasteiger partial charge in [-0.3, -0.25) is 14.4 Å². The normalized spacial score (nSPS) is 23.0. The SMILES string of the molecule is CC(=O)NCC1CN(C(=O)C2CCCN2C(=O)c2ccccc2)CCO1. The molecule has 2 saturated heterocycles. The molecule has 0 aromatic heterocycles. The number of likely N-dealkylation sites (tertiary alicyclic amines) is 1. The minimum Gasteiger partial charge on any atom is -0.373 e. The van der Waals surface area contributed by atoms with Gasteiger partial charge in [0.1, 0.15) is 6.04 Å². The third kappa shape index (κ3) is 4.22. The maximum Gasteiger partial charge on any atom is 0.254 e. The molecule has 7 heteroatoms. The van der Waals surface area contributed by atoms with Crippen molar-refractivity contribution in [3.63, 3.8) is 0 Å². The second-order valence-electron chi connectivity index (χ2n) is 6.74. The molecule has 2 fully saturated rings. The summed E-state index contributed by atoms with van der Waals surface area (Å²) in [7, 11) is 0. The van der Waals surface area contributed by atoms with Crippen LogP contribution in [0.4, 0.5) is 0 Å². The number of nitrogens with one attached hydrogen (secondary N) is 1. The number of hydrogen-bond acceptors (Lipinski definition) is 4. The zero-order valence-corrected chi connectivity index (χ0v) is 15.0. The van der Waals surface area contributed by atoms with E-state index < -0.39 is 6.04 Å². The Morgan fingerprint density at radius 2 is 1.96 bits per heavy atom. The average molecular weight is 359 g/mol. The number of hydrogen-bond donors (Lipinski definition) is 1. The summed E-state index contributed by atoms with van der Waals surface area (Å²) in [6, 6.07) is 8.67. The van der Waals surface area contributed by atoms with E-state index in [0.29, 0.717) is 44.8 Å². The molecule has 0 radical (unpaired) electrons. The van der Waals surface area contributed by atoms with Crippen molar-refractivity contribution in [2.45, 2.75) is 31.9 Å². The second kappa shape index (κ2) is 8.31. The summed E-state index contributed by atoms with van der Waals surface area (Å²) in [6.45, 7) is 3.83. The third-order valence-electron chi connectivity index (χ3n) is 4.85. The van der Waals surface area contributed by atoms with E-state index in [-0.39, 0.29) is 23.8 Å². The van der Waals surface area contributed by atoms with Crippen LogP contribution in [0.2, 0.25) is 0 Å². The van der Waals surface area contributed by atoms with E-state index in [1.807, 2.05) is 18.2 Å². The number of rotatable bonds is 4. The van der Waals surface area contributed by atoms with Gasteiger partial charge in [-0.25, -0.2) is 0 Å². The number of ether oxygens (including phenoxy) is 1. The highest BCUT2D eigenvalue weighted by atomic mass is 16.5. The lowest BCUT2D eigenvalue weighted by atomic mass is 10.1. The van der Waals surface area contributed by atoms with Crippen LogP contribution < -0.4 is 5.32 Å². The largest absolute Gasteiger partial charge is 0.373 e. The number of nitrogens with zero attached hydrogens (tertiary/aromatic N) is 2. The third-order valence-corrected chi connectivity index (χ3v) is 4.85. The van der Waals surface area contributed by atoms with Crippen LogP contribution in [0.25, 0.3) is 0 Å². The Kier molecular flexibility index (Phi) is 5.88. The Bertz CT molecular complexity index is 664. The molecule has 2 aliphatic heterocycles. The first-order valence-corrected chi connectivity index (χ1v) is 9.07. The summed E-state index contributed by atoms with van der Waals surface area (Å²) in [5.74, 6) is -0.236. The van der Waals surface area contributed by atoms with E-state index in [4.69, 9.17) is 4.74 Å². The summed E-state index contributed by atoms with van der Waals surface area (Å²) in [4.78, 5) is 40.3. The molecular formula is C19H25N3O4. The fourth-order valence-electron chi connectivity index (χ4n) is 3.52. The van der Waals surface area contributed by atoms with E-state index in [1.54, 1.807) is 21.9 Å². The first-order chi connectivity index (χ1) is 12.6. The van der Waals surface area contributed by atoms with Gasteiger partial charge in [0.25, 0.3) is 5.91 Å². The van der Waals surface area contributed by atoms with E-state index in [9.17, 15) is 14.4 Å². The van der Waals surface area contributed by atoms with Gasteiger partial charge in [0, 0.05) is 38.7 Å². The second-order valence-corrected chi connectivity index (χ2v) is 6.74. The van der Waals surface area contributed by atoms with Crippen LogP contribution in [0.3, 0.4) is 0 Å². The highest BCUT2D eigenvalue weighted by Gasteiger charge is 2.38. The number of benzene rings is 1. The van der Waals surface area contributed by atoms with Crippen LogP contribution in [0.5, 0.6) is 0 Å². The summed E-state index contributed by atoms with van der Waals surface area (Å²) in [5, 5.41) is 2.73. The molecule has 0 aliphatic carbocycles. The van der Waals surface area contributed by atoms with Crippen LogP contribution in [0.1, 0.15) is 30.1 Å². The lowest BCUT2D eigenvalue weighted by molar-refractivity contribution is -0.142. The Labute approximate surface area is 153 Å². The van der Waals surface area contributed by atoms with Gasteiger partial charge >= 0.3 is 0 Å². The van der Waals surface area contributed by atoms with Gasteiger partial charge < -0.3 is 19.9 Å². The topological polar surface area (TPSA) is 79.0 Å².